The van der Waals surface area contributed by atoms with Crippen molar-refractivity contribution >= 4 is 5.78 Å². The molecule has 68 valence electrons. The molecule has 1 fully saturated rings. The molecule has 1 aromatic carbocycles. The molecule has 0 saturated carbocycles. The quantitative estimate of drug-likeness (QED) is 0.645. The van der Waals surface area contributed by atoms with Crippen LogP contribution in [0.3, 0.4) is 0 Å². The molecular weight excluding hydrogens is 164 g/mol. The Morgan fingerprint density at radius 1 is 1.31 bits per heavy atom. The highest BCUT2D eigenvalue weighted by Gasteiger charge is 2.43. The van der Waals surface area contributed by atoms with Gasteiger partial charge in [0.15, 0.2) is 5.78 Å². The average molecular weight is 176 g/mol. The van der Waals surface area contributed by atoms with Gasteiger partial charge in [-0.1, -0.05) is 29.8 Å². The molecule has 1 aromatic rings. The summed E-state index contributed by atoms with van der Waals surface area (Å²) in [5.74, 6) is 0.116. The number of carbonyl (C=O) groups excluding carboxylic acids is 1. The van der Waals surface area contributed by atoms with Crippen LogP contribution in [0.25, 0.3) is 0 Å². The van der Waals surface area contributed by atoms with Crippen LogP contribution in [0.15, 0.2) is 24.3 Å². The Bertz CT molecular complexity index is 326. The van der Waals surface area contributed by atoms with Crippen molar-refractivity contribution in [3.63, 3.8) is 0 Å². The largest absolute Gasteiger partial charge is 0.356 e. The van der Waals surface area contributed by atoms with E-state index in [0.717, 1.165) is 5.56 Å². The fourth-order valence-corrected chi connectivity index (χ4v) is 1.43. The van der Waals surface area contributed by atoms with Crippen LogP contribution in [0.5, 0.6) is 0 Å². The zero-order chi connectivity index (χ0) is 9.42. The van der Waals surface area contributed by atoms with E-state index in [0.29, 0.717) is 0 Å². The van der Waals surface area contributed by atoms with Gasteiger partial charge in [0, 0.05) is 0 Å². The highest BCUT2D eigenvalue weighted by Crippen LogP contribution is 2.38. The van der Waals surface area contributed by atoms with E-state index in [-0.39, 0.29) is 18.0 Å². The first-order valence-electron chi connectivity index (χ1n) is 4.41. The lowest BCUT2D eigenvalue weighted by Crippen LogP contribution is -2.00. The number of rotatable bonds is 2. The summed E-state index contributed by atoms with van der Waals surface area (Å²) in [7, 11) is 0. The minimum absolute atomic E-state index is 0.0121. The molecule has 1 aliphatic rings. The second kappa shape index (κ2) is 2.96. The first-order valence-corrected chi connectivity index (χ1v) is 4.41. The number of aryl methyl sites for hydroxylation is 1. The Kier molecular flexibility index (Phi) is 1.93. The summed E-state index contributed by atoms with van der Waals surface area (Å²) in [6.07, 6.45) is -0.180. The molecule has 0 aliphatic carbocycles. The molecule has 0 spiro atoms. The molecule has 1 heterocycles. The monoisotopic (exact) mass is 176 g/mol. The number of ketones is 1. The average Bonchev–Trinajstić information content (AvgIpc) is 2.85. The molecule has 2 heteroatoms. The predicted molar refractivity (Wildman–Crippen MR) is 49.5 cm³/mol. The third kappa shape index (κ3) is 1.63. The third-order valence-corrected chi connectivity index (χ3v) is 2.30. The van der Waals surface area contributed by atoms with E-state index in [9.17, 15) is 4.79 Å². The van der Waals surface area contributed by atoms with Crippen LogP contribution in [-0.2, 0) is 9.53 Å². The van der Waals surface area contributed by atoms with E-state index in [1.54, 1.807) is 6.92 Å². The van der Waals surface area contributed by atoms with Crippen LogP contribution in [0, 0.1) is 6.92 Å². The van der Waals surface area contributed by atoms with Gasteiger partial charge in [0.05, 0.1) is 0 Å². The third-order valence-electron chi connectivity index (χ3n) is 2.30. The van der Waals surface area contributed by atoms with Gasteiger partial charge in [-0.25, -0.2) is 0 Å². The normalized spacial score (nSPS) is 25.7. The van der Waals surface area contributed by atoms with Crippen molar-refractivity contribution in [1.29, 1.82) is 0 Å². The number of epoxide rings is 1. The Morgan fingerprint density at radius 3 is 2.38 bits per heavy atom. The van der Waals surface area contributed by atoms with Crippen molar-refractivity contribution in [3.05, 3.63) is 35.4 Å². The predicted octanol–water partition coefficient (Wildman–Crippen LogP) is 2.02. The summed E-state index contributed by atoms with van der Waals surface area (Å²) in [5.41, 5.74) is 2.33. The van der Waals surface area contributed by atoms with Crippen LogP contribution in [-0.4, -0.2) is 11.9 Å². The lowest BCUT2D eigenvalue weighted by atomic mass is 10.1. The van der Waals surface area contributed by atoms with Crippen LogP contribution >= 0.6 is 0 Å². The maximum atomic E-state index is 10.9. The van der Waals surface area contributed by atoms with Gasteiger partial charge in [0.1, 0.15) is 12.2 Å². The molecule has 0 bridgehead atoms. The lowest BCUT2D eigenvalue weighted by molar-refractivity contribution is -0.118. The van der Waals surface area contributed by atoms with Crippen molar-refractivity contribution in [2.24, 2.45) is 0 Å². The highest BCUT2D eigenvalue weighted by atomic mass is 16.6. The number of hydrogen-bond donors (Lipinski definition) is 0. The number of ether oxygens (including phenoxy) is 1. The van der Waals surface area contributed by atoms with Gasteiger partial charge in [-0.05, 0) is 19.4 Å². The van der Waals surface area contributed by atoms with Crippen molar-refractivity contribution in [3.8, 4) is 0 Å². The first-order chi connectivity index (χ1) is 6.18. The fourth-order valence-electron chi connectivity index (χ4n) is 1.43. The molecule has 0 unspecified atom stereocenters. The number of hydrogen-bond acceptors (Lipinski definition) is 2. The molecule has 1 saturated heterocycles. The molecule has 2 atom stereocenters. The molecule has 13 heavy (non-hydrogen) atoms. The molecule has 0 N–H and O–H groups in total. The minimum atomic E-state index is -0.192. The van der Waals surface area contributed by atoms with Gasteiger partial charge in [-0.2, -0.15) is 0 Å². The second-order valence-corrected chi connectivity index (χ2v) is 3.50. The zero-order valence-corrected chi connectivity index (χ0v) is 7.78. The summed E-state index contributed by atoms with van der Waals surface area (Å²) in [5, 5.41) is 0. The van der Waals surface area contributed by atoms with E-state index in [1.807, 2.05) is 31.2 Å². The maximum Gasteiger partial charge on any atom is 0.161 e. The van der Waals surface area contributed by atoms with E-state index >= 15 is 0 Å². The lowest BCUT2D eigenvalue weighted by Gasteiger charge is -1.95. The first kappa shape index (κ1) is 8.45. The van der Waals surface area contributed by atoms with E-state index < -0.39 is 0 Å². The maximum absolute atomic E-state index is 10.9. The molecule has 1 aliphatic heterocycles. The van der Waals surface area contributed by atoms with Gasteiger partial charge < -0.3 is 4.74 Å². The summed E-state index contributed by atoms with van der Waals surface area (Å²) in [6.45, 7) is 3.61. The van der Waals surface area contributed by atoms with Crippen molar-refractivity contribution in [1.82, 2.24) is 0 Å². The van der Waals surface area contributed by atoms with Crippen LogP contribution in [0.2, 0.25) is 0 Å². The summed E-state index contributed by atoms with van der Waals surface area (Å²) in [4.78, 5) is 10.9. The summed E-state index contributed by atoms with van der Waals surface area (Å²) < 4.78 is 5.25. The highest BCUT2D eigenvalue weighted by molar-refractivity contribution is 5.83. The SMILES string of the molecule is CC(=O)[C@@H]1O[C@H]1c1ccc(C)cc1. The molecule has 2 rings (SSSR count). The Balaban J connectivity index is 2.12. The smallest absolute Gasteiger partial charge is 0.161 e. The molecular formula is C11H12O2. The molecule has 0 amide bonds. The van der Waals surface area contributed by atoms with Crippen molar-refractivity contribution in [2.45, 2.75) is 26.1 Å². The molecule has 0 aromatic heterocycles. The number of carbonyl (C=O) groups is 1. The molecule has 2 nitrogen and oxygen atoms in total. The Labute approximate surface area is 77.5 Å². The zero-order valence-electron chi connectivity index (χ0n) is 7.78. The topological polar surface area (TPSA) is 29.6 Å². The number of Topliss-reactive ketones (excluding diaryl/α,β-unsaturated/α-hetero) is 1. The van der Waals surface area contributed by atoms with Crippen LogP contribution < -0.4 is 0 Å². The van der Waals surface area contributed by atoms with Gasteiger partial charge in [0.25, 0.3) is 0 Å². The van der Waals surface area contributed by atoms with E-state index in [1.165, 1.54) is 5.56 Å². The summed E-state index contributed by atoms with van der Waals surface area (Å²) >= 11 is 0. The van der Waals surface area contributed by atoms with Gasteiger partial charge in [0.2, 0.25) is 0 Å². The summed E-state index contributed by atoms with van der Waals surface area (Å²) in [6, 6.07) is 8.11. The van der Waals surface area contributed by atoms with Gasteiger partial charge >= 0.3 is 0 Å². The van der Waals surface area contributed by atoms with Gasteiger partial charge in [-0.15, -0.1) is 0 Å². The fraction of sp³-hybridized carbons (Fsp3) is 0.364. The molecule has 0 radical (unpaired) electrons. The van der Waals surface area contributed by atoms with Crippen molar-refractivity contribution in [2.75, 3.05) is 0 Å². The minimum Gasteiger partial charge on any atom is -0.356 e. The van der Waals surface area contributed by atoms with Crippen LogP contribution in [0.4, 0.5) is 0 Å². The van der Waals surface area contributed by atoms with Gasteiger partial charge in [-0.3, -0.25) is 4.79 Å². The number of benzene rings is 1. The van der Waals surface area contributed by atoms with E-state index in [2.05, 4.69) is 0 Å². The van der Waals surface area contributed by atoms with E-state index in [4.69, 9.17) is 4.74 Å². The second-order valence-electron chi connectivity index (χ2n) is 3.50. The standard InChI is InChI=1S/C11H12O2/c1-7-3-5-9(6-4-7)11-10(13-11)8(2)12/h3-6,10-11H,1-2H3/t10-,11-/m0/s1. The Morgan fingerprint density at radius 2 is 1.92 bits per heavy atom. The van der Waals surface area contributed by atoms with Crippen molar-refractivity contribution < 1.29 is 9.53 Å². The van der Waals surface area contributed by atoms with Crippen LogP contribution in [0.1, 0.15) is 24.2 Å². The Hall–Kier alpha value is -1.15.